The van der Waals surface area contributed by atoms with Crippen LogP contribution in [0.25, 0.3) is 45.3 Å². The first kappa shape index (κ1) is 28.2. The molecule has 0 aromatic heterocycles. The van der Waals surface area contributed by atoms with Crippen molar-refractivity contribution in [1.29, 1.82) is 0 Å². The molecular formula is C30H18O15. The minimum absolute atomic E-state index is 0.293. The molecule has 0 atom stereocenters. The summed E-state index contributed by atoms with van der Waals surface area (Å²) in [5.74, 6) is -11.9. The van der Waals surface area contributed by atoms with E-state index in [2.05, 4.69) is 0 Å². The first-order valence-corrected chi connectivity index (χ1v) is 12.5. The predicted octanol–water partition coefficient (Wildman–Crippen LogP) is 3.98. The Bertz CT molecular complexity index is 2040. The molecule has 0 saturated heterocycles. The maximum atomic E-state index is 12.8. The fourth-order valence-electron chi connectivity index (χ4n) is 4.68. The van der Waals surface area contributed by atoms with E-state index in [0.29, 0.717) is 0 Å². The second kappa shape index (κ2) is 9.84. The Morgan fingerprint density at radius 1 is 0.444 bits per heavy atom. The van der Waals surface area contributed by atoms with Gasteiger partial charge in [0.15, 0.2) is 68.4 Å². The van der Waals surface area contributed by atoms with Crippen LogP contribution in [-0.2, 0) is 0 Å². The van der Waals surface area contributed by atoms with Crippen molar-refractivity contribution in [1.82, 2.24) is 0 Å². The molecule has 2 heterocycles. The Morgan fingerprint density at radius 3 is 1.11 bits per heavy atom. The summed E-state index contributed by atoms with van der Waals surface area (Å²) in [5.41, 5.74) is -3.61. The van der Waals surface area contributed by atoms with E-state index in [1.54, 1.807) is 0 Å². The first-order valence-electron chi connectivity index (χ1n) is 12.5. The van der Waals surface area contributed by atoms with Crippen molar-refractivity contribution in [2.45, 2.75) is 0 Å². The van der Waals surface area contributed by atoms with Gasteiger partial charge in [-0.3, -0.25) is 9.59 Å². The first-order chi connectivity index (χ1) is 21.2. The van der Waals surface area contributed by atoms with Crippen molar-refractivity contribution in [3.8, 4) is 114 Å². The summed E-state index contributed by atoms with van der Waals surface area (Å²) in [6.45, 7) is 0. The standard InChI is InChI=1S/C30H18O15/c31-11-5-13(33)21-19(7-11)43-27(9-1-15(35)23(39)16(36)2-9)29(25(21)41)45-30-26(42)22-14(34)6-12(32)8-20(22)44-28(30)10-3-17(37)24(40)18(38)4-10/h1-8,31-32,35-42H. The molecule has 6 rings (SSSR count). The highest BCUT2D eigenvalue weighted by Crippen LogP contribution is 2.54. The molecule has 2 aliphatic heterocycles. The highest BCUT2D eigenvalue weighted by atomic mass is 16.5. The van der Waals surface area contributed by atoms with Crippen molar-refractivity contribution < 1.29 is 64.6 Å². The van der Waals surface area contributed by atoms with Gasteiger partial charge in [0.2, 0.25) is 11.5 Å². The summed E-state index contributed by atoms with van der Waals surface area (Å²) in [6, 6.07) is 6.87. The molecule has 0 fully saturated rings. The van der Waals surface area contributed by atoms with E-state index in [-0.39, 0.29) is 11.1 Å². The van der Waals surface area contributed by atoms with Gasteiger partial charge in [0.05, 0.1) is 0 Å². The van der Waals surface area contributed by atoms with Gasteiger partial charge in [0, 0.05) is 35.4 Å². The van der Waals surface area contributed by atoms with Crippen molar-refractivity contribution in [3.05, 3.63) is 69.0 Å². The largest absolute Gasteiger partial charge is 0.508 e. The van der Waals surface area contributed by atoms with Crippen LogP contribution in [0.15, 0.2) is 67.0 Å². The Kier molecular flexibility index (Phi) is 6.17. The Hall–Kier alpha value is -6.90. The lowest BCUT2D eigenvalue weighted by Gasteiger charge is -2.20. The third-order valence-electron chi connectivity index (χ3n) is 6.71. The Labute approximate surface area is 248 Å². The number of phenolic OH excluding ortho intramolecular Hbond substituents is 8. The smallest absolute Gasteiger partial charge is 0.213 e. The van der Waals surface area contributed by atoms with E-state index in [0.717, 1.165) is 48.5 Å². The molecule has 2 aromatic carbocycles. The van der Waals surface area contributed by atoms with Crippen LogP contribution in [0.2, 0.25) is 0 Å². The number of aromatic hydroxyl groups is 10. The molecule has 0 radical (unpaired) electrons. The van der Waals surface area contributed by atoms with E-state index in [1.165, 1.54) is 0 Å². The Balaban J connectivity index is 1.73. The van der Waals surface area contributed by atoms with Gasteiger partial charge in [0.25, 0.3) is 0 Å². The lowest BCUT2D eigenvalue weighted by atomic mass is 10.0. The number of hydrogen-bond acceptors (Lipinski definition) is 15. The molecule has 0 unspecified atom stereocenters. The van der Waals surface area contributed by atoms with Crippen LogP contribution in [0.5, 0.6) is 69.0 Å². The van der Waals surface area contributed by atoms with Crippen molar-refractivity contribution in [2.75, 3.05) is 0 Å². The lowest BCUT2D eigenvalue weighted by molar-refractivity contribution is 0.359. The van der Waals surface area contributed by atoms with Crippen LogP contribution in [0.3, 0.4) is 0 Å². The highest BCUT2D eigenvalue weighted by molar-refractivity contribution is 5.85. The SMILES string of the molecule is O=c1cc(O)cc2oc(-c3cc(O)c(O)c(O)c3)c(Oc3c(-c4cc(O)c(O)c(O)c4)oc4cc(O)cc(=O)c-4c3O)c(O)c1-2. The summed E-state index contributed by atoms with van der Waals surface area (Å²) in [4.78, 5) is 25.6. The number of hydrogen-bond donors (Lipinski definition) is 10. The van der Waals surface area contributed by atoms with Crippen LogP contribution in [0.1, 0.15) is 0 Å². The third kappa shape index (κ3) is 4.47. The summed E-state index contributed by atoms with van der Waals surface area (Å²) in [6.07, 6.45) is 0. The second-order valence-electron chi connectivity index (χ2n) is 9.68. The van der Waals surface area contributed by atoms with Crippen molar-refractivity contribution in [2.24, 2.45) is 0 Å². The molecule has 0 bridgehead atoms. The fraction of sp³-hybridized carbons (Fsp3) is 0. The molecule has 228 valence electrons. The van der Waals surface area contributed by atoms with Gasteiger partial charge in [-0.2, -0.15) is 0 Å². The summed E-state index contributed by atoms with van der Waals surface area (Å²) in [5, 5.41) is 103. The van der Waals surface area contributed by atoms with Gasteiger partial charge in [-0.15, -0.1) is 0 Å². The fourth-order valence-corrected chi connectivity index (χ4v) is 4.68. The number of benzene rings is 4. The predicted molar refractivity (Wildman–Crippen MR) is 151 cm³/mol. The molecule has 4 aliphatic rings. The second-order valence-corrected chi connectivity index (χ2v) is 9.68. The highest BCUT2D eigenvalue weighted by Gasteiger charge is 2.32. The van der Waals surface area contributed by atoms with Gasteiger partial charge in [-0.05, 0) is 24.3 Å². The molecule has 15 heteroatoms. The van der Waals surface area contributed by atoms with E-state index in [1.807, 2.05) is 0 Å². The summed E-state index contributed by atoms with van der Waals surface area (Å²) < 4.78 is 17.4. The molecule has 2 aliphatic carbocycles. The molecule has 10 N–H and O–H groups in total. The molecule has 0 spiro atoms. The van der Waals surface area contributed by atoms with E-state index in [4.69, 9.17) is 13.6 Å². The lowest BCUT2D eigenvalue weighted by Crippen LogP contribution is -2.07. The van der Waals surface area contributed by atoms with Gasteiger partial charge >= 0.3 is 0 Å². The zero-order valence-electron chi connectivity index (χ0n) is 22.1. The monoisotopic (exact) mass is 618 g/mol. The van der Waals surface area contributed by atoms with Gasteiger partial charge in [0.1, 0.15) is 34.1 Å². The molecule has 0 amide bonds. The number of ether oxygens (including phenoxy) is 1. The average Bonchev–Trinajstić information content (AvgIpc) is 2.95. The van der Waals surface area contributed by atoms with Gasteiger partial charge in [-0.1, -0.05) is 0 Å². The van der Waals surface area contributed by atoms with E-state index >= 15 is 0 Å². The summed E-state index contributed by atoms with van der Waals surface area (Å²) >= 11 is 0. The van der Waals surface area contributed by atoms with E-state index < -0.39 is 114 Å². The molecule has 45 heavy (non-hydrogen) atoms. The zero-order chi connectivity index (χ0) is 32.5. The molecule has 15 nitrogen and oxygen atoms in total. The normalized spacial score (nSPS) is 11.3. The topological polar surface area (TPSA) is 272 Å². The number of phenols is 8. The zero-order valence-corrected chi connectivity index (χ0v) is 22.1. The van der Waals surface area contributed by atoms with Crippen LogP contribution < -0.4 is 15.6 Å². The molecular weight excluding hydrogens is 600 g/mol. The van der Waals surface area contributed by atoms with Crippen LogP contribution >= 0.6 is 0 Å². The van der Waals surface area contributed by atoms with E-state index in [9.17, 15) is 60.7 Å². The van der Waals surface area contributed by atoms with Gasteiger partial charge in [-0.25, -0.2) is 0 Å². The minimum Gasteiger partial charge on any atom is -0.508 e. The molecule has 2 aromatic rings. The Morgan fingerprint density at radius 2 is 0.778 bits per heavy atom. The van der Waals surface area contributed by atoms with Gasteiger partial charge < -0.3 is 64.6 Å². The van der Waals surface area contributed by atoms with Crippen LogP contribution in [0.4, 0.5) is 0 Å². The van der Waals surface area contributed by atoms with Crippen LogP contribution in [-0.4, -0.2) is 51.1 Å². The maximum absolute atomic E-state index is 12.8. The average molecular weight is 618 g/mol. The molecule has 0 saturated carbocycles. The third-order valence-corrected chi connectivity index (χ3v) is 6.71. The van der Waals surface area contributed by atoms with Crippen molar-refractivity contribution >= 4 is 0 Å². The maximum Gasteiger partial charge on any atom is 0.213 e. The van der Waals surface area contributed by atoms with Crippen molar-refractivity contribution in [3.63, 3.8) is 0 Å². The quantitative estimate of drug-likeness (QED) is 0.125. The number of fused-ring (bicyclic) bond motifs is 2. The van der Waals surface area contributed by atoms with Crippen LogP contribution in [0, 0.1) is 0 Å². The summed E-state index contributed by atoms with van der Waals surface area (Å²) in [7, 11) is 0. The minimum atomic E-state index is -0.974. The number of rotatable bonds is 4.